The molecule has 1 aromatic carbocycles. The molecule has 2 N–H and O–H groups in total. The summed E-state index contributed by atoms with van der Waals surface area (Å²) < 4.78 is 32.8. The number of anilines is 2. The summed E-state index contributed by atoms with van der Waals surface area (Å²) >= 11 is 6.94. The van der Waals surface area contributed by atoms with Gasteiger partial charge in [0.2, 0.25) is 0 Å². The lowest BCUT2D eigenvalue weighted by molar-refractivity contribution is 0.0989. The van der Waals surface area contributed by atoms with Gasteiger partial charge in [-0.3, -0.25) is 9.59 Å². The van der Waals surface area contributed by atoms with Gasteiger partial charge < -0.3 is 9.84 Å². The van der Waals surface area contributed by atoms with Crippen LogP contribution in [0.2, 0.25) is 5.02 Å². The first-order chi connectivity index (χ1) is 14.5. The lowest BCUT2D eigenvalue weighted by atomic mass is 9.99. The monoisotopic (exact) mass is 481 g/mol. The second kappa shape index (κ2) is 8.81. The molecule has 164 valence electrons. The van der Waals surface area contributed by atoms with E-state index in [1.807, 2.05) is 13.0 Å². The highest BCUT2D eigenvalue weighted by atomic mass is 35.5. The average molecular weight is 482 g/mol. The number of ketones is 1. The Hall–Kier alpha value is -2.69. The van der Waals surface area contributed by atoms with Crippen LogP contribution in [0.1, 0.15) is 50.2 Å². The van der Waals surface area contributed by atoms with Crippen LogP contribution in [0.5, 0.6) is 0 Å². The second-order valence-electron chi connectivity index (χ2n) is 6.87. The minimum Gasteiger partial charge on any atom is -0.336 e. The molecule has 0 spiro atoms. The summed E-state index contributed by atoms with van der Waals surface area (Å²) in [5.74, 6) is -1.01. The Morgan fingerprint density at radius 2 is 1.94 bits per heavy atom. The maximum atomic E-state index is 13.0. The third-order valence-corrected chi connectivity index (χ3v) is 7.34. The Morgan fingerprint density at radius 1 is 1.23 bits per heavy atom. The standard InChI is InChI=1S/C20H20ClN3O5S2/c1-5-14(25)13-9-10(2)8-11(3)17(13)22-19(26)18-15(6-7-30-18)31(27,28)24-20-16(21)12(4)23-29-20/h6-9,24H,5H2,1-4H3,(H,22,26). The number of rotatable bonds is 7. The van der Waals surface area contributed by atoms with Gasteiger partial charge in [0.05, 0.1) is 5.69 Å². The van der Waals surface area contributed by atoms with E-state index in [-0.39, 0.29) is 32.9 Å². The highest BCUT2D eigenvalue weighted by Crippen LogP contribution is 2.31. The zero-order valence-corrected chi connectivity index (χ0v) is 19.6. The Bertz CT molecular complexity index is 1280. The molecule has 1 amide bonds. The number of amides is 1. The Kier molecular flexibility index (Phi) is 6.54. The van der Waals surface area contributed by atoms with Gasteiger partial charge in [0, 0.05) is 12.0 Å². The number of benzene rings is 1. The summed E-state index contributed by atoms with van der Waals surface area (Å²) in [5.41, 5.74) is 2.66. The second-order valence-corrected chi connectivity index (χ2v) is 9.81. The Balaban J connectivity index is 1.95. The minimum absolute atomic E-state index is 0.0304. The topological polar surface area (TPSA) is 118 Å². The van der Waals surface area contributed by atoms with Crippen LogP contribution in [0.3, 0.4) is 0 Å². The third kappa shape index (κ3) is 4.65. The largest absolute Gasteiger partial charge is 0.336 e. The van der Waals surface area contributed by atoms with Gasteiger partial charge in [-0.25, -0.2) is 13.1 Å². The number of Topliss-reactive ketones (excluding diaryl/α,β-unsaturated/α-hetero) is 1. The maximum Gasteiger partial charge on any atom is 0.267 e. The van der Waals surface area contributed by atoms with Gasteiger partial charge >= 0.3 is 0 Å². The van der Waals surface area contributed by atoms with E-state index in [2.05, 4.69) is 15.2 Å². The van der Waals surface area contributed by atoms with E-state index in [0.29, 0.717) is 22.5 Å². The van der Waals surface area contributed by atoms with Crippen LogP contribution in [0.4, 0.5) is 11.6 Å². The normalized spacial score (nSPS) is 11.4. The number of sulfonamides is 1. The quantitative estimate of drug-likeness (QED) is 0.460. The molecule has 0 aliphatic rings. The van der Waals surface area contributed by atoms with Crippen LogP contribution in [0, 0.1) is 20.8 Å². The fourth-order valence-corrected chi connectivity index (χ4v) is 5.48. The molecule has 0 unspecified atom stereocenters. The van der Waals surface area contributed by atoms with Gasteiger partial charge in [-0.15, -0.1) is 11.3 Å². The lowest BCUT2D eigenvalue weighted by Gasteiger charge is -2.14. The summed E-state index contributed by atoms with van der Waals surface area (Å²) in [6.45, 7) is 6.93. The molecule has 31 heavy (non-hydrogen) atoms. The van der Waals surface area contributed by atoms with E-state index < -0.39 is 15.9 Å². The van der Waals surface area contributed by atoms with Crippen molar-refractivity contribution < 1.29 is 22.5 Å². The van der Waals surface area contributed by atoms with E-state index in [1.165, 1.54) is 11.4 Å². The first kappa shape index (κ1) is 23.0. The predicted molar refractivity (Wildman–Crippen MR) is 120 cm³/mol. The van der Waals surface area contributed by atoms with E-state index in [1.54, 1.807) is 26.8 Å². The molecule has 0 saturated carbocycles. The van der Waals surface area contributed by atoms with Crippen molar-refractivity contribution in [3.8, 4) is 0 Å². The number of hydrogen-bond donors (Lipinski definition) is 2. The molecule has 0 aliphatic carbocycles. The molecule has 8 nitrogen and oxygen atoms in total. The molecule has 0 aliphatic heterocycles. The molecule has 0 bridgehead atoms. The van der Waals surface area contributed by atoms with Crippen molar-refractivity contribution in [2.75, 3.05) is 10.0 Å². The molecule has 2 aromatic heterocycles. The Labute approximate surface area is 188 Å². The van der Waals surface area contributed by atoms with Crippen molar-refractivity contribution in [3.63, 3.8) is 0 Å². The number of nitrogens with one attached hydrogen (secondary N) is 2. The summed E-state index contributed by atoms with van der Waals surface area (Å²) in [6, 6.07) is 4.85. The van der Waals surface area contributed by atoms with E-state index in [9.17, 15) is 18.0 Å². The number of aryl methyl sites for hydroxylation is 3. The van der Waals surface area contributed by atoms with E-state index >= 15 is 0 Å². The molecule has 3 rings (SSSR count). The van der Waals surface area contributed by atoms with E-state index in [0.717, 1.165) is 16.9 Å². The summed E-state index contributed by atoms with van der Waals surface area (Å²) in [7, 11) is -4.18. The number of thiophene rings is 1. The fraction of sp³-hybridized carbons (Fsp3) is 0.250. The van der Waals surface area contributed by atoms with Gasteiger partial charge in [0.15, 0.2) is 5.78 Å². The highest BCUT2D eigenvalue weighted by Gasteiger charge is 2.28. The van der Waals surface area contributed by atoms with Crippen molar-refractivity contribution in [2.24, 2.45) is 0 Å². The number of carbonyl (C=O) groups excluding carboxylic acids is 2. The van der Waals surface area contributed by atoms with Crippen LogP contribution in [-0.4, -0.2) is 25.3 Å². The highest BCUT2D eigenvalue weighted by molar-refractivity contribution is 7.93. The van der Waals surface area contributed by atoms with Gasteiger partial charge in [-0.05, 0) is 49.4 Å². The molecule has 0 fully saturated rings. The zero-order valence-electron chi connectivity index (χ0n) is 17.2. The molecule has 0 radical (unpaired) electrons. The van der Waals surface area contributed by atoms with Crippen LogP contribution >= 0.6 is 22.9 Å². The van der Waals surface area contributed by atoms with Crippen molar-refractivity contribution in [1.29, 1.82) is 0 Å². The van der Waals surface area contributed by atoms with Crippen LogP contribution in [-0.2, 0) is 10.0 Å². The van der Waals surface area contributed by atoms with Gasteiger partial charge in [0.25, 0.3) is 21.8 Å². The number of hydrogen-bond acceptors (Lipinski definition) is 7. The third-order valence-electron chi connectivity index (χ3n) is 4.48. The minimum atomic E-state index is -4.18. The lowest BCUT2D eigenvalue weighted by Crippen LogP contribution is -2.20. The molecule has 0 saturated heterocycles. The fourth-order valence-electron chi connectivity index (χ4n) is 2.99. The number of aromatic nitrogens is 1. The smallest absolute Gasteiger partial charge is 0.267 e. The Morgan fingerprint density at radius 3 is 2.55 bits per heavy atom. The number of halogens is 1. The van der Waals surface area contributed by atoms with Gasteiger partial charge in [-0.2, -0.15) is 0 Å². The molecular formula is C20H20ClN3O5S2. The summed E-state index contributed by atoms with van der Waals surface area (Å²) in [6.07, 6.45) is 0.270. The summed E-state index contributed by atoms with van der Waals surface area (Å²) in [4.78, 5) is 25.1. The number of carbonyl (C=O) groups is 2. The van der Waals surface area contributed by atoms with Crippen molar-refractivity contribution >= 4 is 56.2 Å². The van der Waals surface area contributed by atoms with Crippen LogP contribution < -0.4 is 10.0 Å². The zero-order chi connectivity index (χ0) is 22.9. The van der Waals surface area contributed by atoms with Gasteiger partial charge in [0.1, 0.15) is 20.5 Å². The molecular weight excluding hydrogens is 462 g/mol. The van der Waals surface area contributed by atoms with Gasteiger partial charge in [-0.1, -0.05) is 29.7 Å². The van der Waals surface area contributed by atoms with E-state index in [4.69, 9.17) is 16.1 Å². The first-order valence-corrected chi connectivity index (χ1v) is 12.0. The van der Waals surface area contributed by atoms with Crippen molar-refractivity contribution in [1.82, 2.24) is 5.16 Å². The number of nitrogens with zero attached hydrogens (tertiary/aromatic N) is 1. The van der Waals surface area contributed by atoms with Crippen molar-refractivity contribution in [3.05, 3.63) is 55.9 Å². The molecule has 0 atom stereocenters. The van der Waals surface area contributed by atoms with Crippen LogP contribution in [0.15, 0.2) is 33.0 Å². The predicted octanol–water partition coefficient (Wildman–Crippen LogP) is 4.96. The molecule has 2 heterocycles. The SMILES string of the molecule is CCC(=O)c1cc(C)cc(C)c1NC(=O)c1sccc1S(=O)(=O)Nc1onc(C)c1Cl. The van der Waals surface area contributed by atoms with Crippen molar-refractivity contribution in [2.45, 2.75) is 39.0 Å². The average Bonchev–Trinajstić information content (AvgIpc) is 3.32. The molecule has 11 heteroatoms. The first-order valence-electron chi connectivity index (χ1n) is 9.23. The van der Waals surface area contributed by atoms with Crippen LogP contribution in [0.25, 0.3) is 0 Å². The molecule has 3 aromatic rings. The maximum absolute atomic E-state index is 13.0. The summed E-state index contributed by atoms with van der Waals surface area (Å²) in [5, 5.41) is 7.83.